The minimum absolute atomic E-state index is 0.0453. The van der Waals surface area contributed by atoms with Gasteiger partial charge in [-0.05, 0) is 50.1 Å². The van der Waals surface area contributed by atoms with Crippen LogP contribution in [0.5, 0.6) is 0 Å². The van der Waals surface area contributed by atoms with Crippen LogP contribution in [0.25, 0.3) is 10.2 Å². The van der Waals surface area contributed by atoms with Gasteiger partial charge in [0.1, 0.15) is 0 Å². The number of Topliss-reactive ketones (excluding diaryl/α,β-unsaturated/α-hetero) is 1. The van der Waals surface area contributed by atoms with Crippen molar-refractivity contribution in [2.24, 2.45) is 0 Å². The van der Waals surface area contributed by atoms with Crippen molar-refractivity contribution < 1.29 is 9.59 Å². The molecule has 122 valence electrons. The minimum atomic E-state index is -0.385. The predicted octanol–water partition coefficient (Wildman–Crippen LogP) is 4.76. The lowest BCUT2D eigenvalue weighted by molar-refractivity contribution is 0.101. The highest BCUT2D eigenvalue weighted by atomic mass is 32.1. The van der Waals surface area contributed by atoms with Gasteiger partial charge in [-0.1, -0.05) is 29.5 Å². The zero-order valence-corrected chi connectivity index (χ0v) is 14.5. The third-order valence-electron chi connectivity index (χ3n) is 3.58. The summed E-state index contributed by atoms with van der Waals surface area (Å²) in [5, 5.41) is 6.01. The number of aromatic nitrogens is 1. The predicted molar refractivity (Wildman–Crippen MR) is 98.2 cm³/mol. The van der Waals surface area contributed by atoms with Crippen molar-refractivity contribution in [3.63, 3.8) is 0 Å². The van der Waals surface area contributed by atoms with E-state index in [1.54, 1.807) is 24.3 Å². The van der Waals surface area contributed by atoms with Gasteiger partial charge in [0.05, 0.1) is 10.2 Å². The van der Waals surface area contributed by atoms with Gasteiger partial charge in [0.2, 0.25) is 0 Å². The van der Waals surface area contributed by atoms with Crippen molar-refractivity contribution in [2.45, 2.75) is 20.8 Å². The van der Waals surface area contributed by atoms with Gasteiger partial charge < -0.3 is 5.32 Å². The molecule has 0 aliphatic carbocycles. The summed E-state index contributed by atoms with van der Waals surface area (Å²) in [6.07, 6.45) is 0. The van der Waals surface area contributed by atoms with E-state index in [0.717, 1.165) is 15.8 Å². The molecule has 0 saturated carbocycles. The first-order chi connectivity index (χ1) is 11.4. The van der Waals surface area contributed by atoms with Crippen molar-refractivity contribution in [1.82, 2.24) is 4.98 Å². The fourth-order valence-corrected chi connectivity index (χ4v) is 3.54. The Hall–Kier alpha value is -2.73. The van der Waals surface area contributed by atoms with E-state index in [0.29, 0.717) is 16.4 Å². The second-order valence-corrected chi connectivity index (χ2v) is 6.69. The maximum Gasteiger partial charge on any atom is 0.325 e. The van der Waals surface area contributed by atoms with Crippen LogP contribution in [0.4, 0.5) is 15.6 Å². The van der Waals surface area contributed by atoms with Crippen LogP contribution in [0.15, 0.2) is 36.4 Å². The number of hydrogen-bond acceptors (Lipinski definition) is 4. The molecule has 2 amide bonds. The topological polar surface area (TPSA) is 71.1 Å². The molecule has 0 unspecified atom stereocenters. The van der Waals surface area contributed by atoms with Gasteiger partial charge in [0.15, 0.2) is 10.9 Å². The number of benzene rings is 2. The molecule has 0 fully saturated rings. The van der Waals surface area contributed by atoms with Crippen LogP contribution in [-0.4, -0.2) is 16.8 Å². The van der Waals surface area contributed by atoms with Gasteiger partial charge in [-0.2, -0.15) is 0 Å². The van der Waals surface area contributed by atoms with Gasteiger partial charge in [0, 0.05) is 11.3 Å². The number of thiazole rings is 1. The molecule has 2 aromatic carbocycles. The van der Waals surface area contributed by atoms with Crippen molar-refractivity contribution in [1.29, 1.82) is 0 Å². The standard InChI is InChI=1S/C18H17N3O2S/c1-10-7-11(2)16-15(8-10)24-18(20-16)21-17(23)19-14-6-4-5-13(9-14)12(3)22/h4-9H,1-3H3,(H2,19,20,21,23). The molecule has 1 aromatic heterocycles. The van der Waals surface area contributed by atoms with E-state index < -0.39 is 0 Å². The Labute approximate surface area is 143 Å². The van der Waals surface area contributed by atoms with E-state index in [9.17, 15) is 9.59 Å². The fourth-order valence-electron chi connectivity index (χ4n) is 2.50. The number of anilines is 2. The summed E-state index contributed by atoms with van der Waals surface area (Å²) in [5.74, 6) is -0.0453. The van der Waals surface area contributed by atoms with Crippen LogP contribution in [0.2, 0.25) is 0 Å². The first kappa shape index (κ1) is 16.1. The van der Waals surface area contributed by atoms with Crippen molar-refractivity contribution >= 4 is 44.2 Å². The van der Waals surface area contributed by atoms with Crippen molar-refractivity contribution in [3.05, 3.63) is 53.1 Å². The van der Waals surface area contributed by atoms with E-state index in [4.69, 9.17) is 0 Å². The Bertz CT molecular complexity index is 947. The maximum absolute atomic E-state index is 12.2. The summed E-state index contributed by atoms with van der Waals surface area (Å²) >= 11 is 1.44. The fraction of sp³-hybridized carbons (Fsp3) is 0.167. The lowest BCUT2D eigenvalue weighted by Crippen LogP contribution is -2.19. The smallest absolute Gasteiger partial charge is 0.308 e. The normalized spacial score (nSPS) is 10.6. The third kappa shape index (κ3) is 3.44. The average molecular weight is 339 g/mol. The highest BCUT2D eigenvalue weighted by molar-refractivity contribution is 7.22. The molecule has 6 heteroatoms. The molecule has 0 radical (unpaired) electrons. The van der Waals surface area contributed by atoms with E-state index in [-0.39, 0.29) is 11.8 Å². The summed E-state index contributed by atoms with van der Waals surface area (Å²) in [6.45, 7) is 5.53. The molecule has 0 aliphatic rings. The number of hydrogen-bond donors (Lipinski definition) is 2. The molecule has 0 spiro atoms. The maximum atomic E-state index is 12.2. The number of rotatable bonds is 3. The first-order valence-electron chi connectivity index (χ1n) is 7.49. The lowest BCUT2D eigenvalue weighted by atomic mass is 10.1. The summed E-state index contributed by atoms with van der Waals surface area (Å²) in [5.41, 5.74) is 4.27. The molecule has 0 bridgehead atoms. The molecule has 0 aliphatic heterocycles. The van der Waals surface area contributed by atoms with E-state index in [1.807, 2.05) is 13.8 Å². The van der Waals surface area contributed by atoms with Gasteiger partial charge >= 0.3 is 6.03 Å². The van der Waals surface area contributed by atoms with Crippen LogP contribution in [0, 0.1) is 13.8 Å². The Morgan fingerprint density at radius 2 is 1.88 bits per heavy atom. The molecular weight excluding hydrogens is 322 g/mol. The SMILES string of the molecule is CC(=O)c1cccc(NC(=O)Nc2nc3c(C)cc(C)cc3s2)c1. The van der Waals surface area contributed by atoms with E-state index in [2.05, 4.69) is 27.8 Å². The number of ketones is 1. The van der Waals surface area contributed by atoms with Crippen LogP contribution in [0.1, 0.15) is 28.4 Å². The molecule has 3 aromatic rings. The van der Waals surface area contributed by atoms with Gasteiger partial charge in [0.25, 0.3) is 0 Å². The molecule has 24 heavy (non-hydrogen) atoms. The minimum Gasteiger partial charge on any atom is -0.308 e. The highest BCUT2D eigenvalue weighted by Crippen LogP contribution is 2.29. The number of fused-ring (bicyclic) bond motifs is 1. The second-order valence-electron chi connectivity index (χ2n) is 5.66. The summed E-state index contributed by atoms with van der Waals surface area (Å²) in [4.78, 5) is 28.0. The zero-order chi connectivity index (χ0) is 17.3. The number of nitrogens with zero attached hydrogens (tertiary/aromatic N) is 1. The highest BCUT2D eigenvalue weighted by Gasteiger charge is 2.10. The van der Waals surface area contributed by atoms with Gasteiger partial charge in [-0.3, -0.25) is 10.1 Å². The Kier molecular flexibility index (Phi) is 4.31. The van der Waals surface area contributed by atoms with Gasteiger partial charge in [-0.15, -0.1) is 0 Å². The first-order valence-corrected chi connectivity index (χ1v) is 8.31. The number of urea groups is 1. The third-order valence-corrected chi connectivity index (χ3v) is 4.50. The summed E-state index contributed by atoms with van der Waals surface area (Å²) < 4.78 is 1.04. The molecular formula is C18H17N3O2S. The quantitative estimate of drug-likeness (QED) is 0.676. The van der Waals surface area contributed by atoms with Crippen LogP contribution in [0.3, 0.4) is 0 Å². The second kappa shape index (κ2) is 6.41. The number of nitrogens with one attached hydrogen (secondary N) is 2. The number of carbonyl (C=O) groups excluding carboxylic acids is 2. The Morgan fingerprint density at radius 1 is 1.08 bits per heavy atom. The van der Waals surface area contributed by atoms with Crippen LogP contribution >= 0.6 is 11.3 Å². The zero-order valence-electron chi connectivity index (χ0n) is 13.6. The van der Waals surface area contributed by atoms with Crippen molar-refractivity contribution in [2.75, 3.05) is 10.6 Å². The summed E-state index contributed by atoms with van der Waals surface area (Å²) in [6, 6.07) is 10.6. The number of aryl methyl sites for hydroxylation is 2. The molecule has 5 nitrogen and oxygen atoms in total. The lowest BCUT2D eigenvalue weighted by Gasteiger charge is -2.06. The van der Waals surface area contributed by atoms with Crippen LogP contribution < -0.4 is 10.6 Å². The number of carbonyl (C=O) groups is 2. The largest absolute Gasteiger partial charge is 0.325 e. The van der Waals surface area contributed by atoms with Crippen molar-refractivity contribution in [3.8, 4) is 0 Å². The average Bonchev–Trinajstić information content (AvgIpc) is 2.89. The molecule has 2 N–H and O–H groups in total. The molecule has 0 saturated heterocycles. The molecule has 3 rings (SSSR count). The Balaban J connectivity index is 1.76. The van der Waals surface area contributed by atoms with Crippen LogP contribution in [-0.2, 0) is 0 Å². The molecule has 0 atom stereocenters. The summed E-state index contributed by atoms with van der Waals surface area (Å²) in [7, 11) is 0. The number of amides is 2. The monoisotopic (exact) mass is 339 g/mol. The van der Waals surface area contributed by atoms with E-state index >= 15 is 0 Å². The van der Waals surface area contributed by atoms with Gasteiger partial charge in [-0.25, -0.2) is 9.78 Å². The molecule has 1 heterocycles. The Morgan fingerprint density at radius 3 is 2.62 bits per heavy atom. The van der Waals surface area contributed by atoms with E-state index in [1.165, 1.54) is 23.8 Å².